The van der Waals surface area contributed by atoms with Gasteiger partial charge in [0.25, 0.3) is 0 Å². The van der Waals surface area contributed by atoms with Crippen molar-refractivity contribution in [1.82, 2.24) is 0 Å². The van der Waals surface area contributed by atoms with E-state index in [2.05, 4.69) is 13.0 Å². The van der Waals surface area contributed by atoms with Crippen LogP contribution < -0.4 is 4.74 Å². The molecule has 0 atom stereocenters. The zero-order chi connectivity index (χ0) is 12.3. The van der Waals surface area contributed by atoms with Crippen molar-refractivity contribution in [3.63, 3.8) is 0 Å². The third kappa shape index (κ3) is 8.04. The van der Waals surface area contributed by atoms with Crippen molar-refractivity contribution in [2.45, 2.75) is 54.6 Å². The van der Waals surface area contributed by atoms with E-state index in [1.54, 1.807) is 0 Å². The first kappa shape index (κ1) is 16.4. The average molecular weight is 210 g/mol. The minimum absolute atomic E-state index is 0.260. The molecule has 0 saturated heterocycles. The Morgan fingerprint density at radius 1 is 0.933 bits per heavy atom. The summed E-state index contributed by atoms with van der Waals surface area (Å²) in [4.78, 5) is 0. The lowest BCUT2D eigenvalue weighted by atomic mass is 10.2. The molecule has 0 amide bonds. The summed E-state index contributed by atoms with van der Waals surface area (Å²) < 4.78 is 5.54. The molecule has 1 rings (SSSR count). The average Bonchev–Trinajstić information content (AvgIpc) is 2.27. The van der Waals surface area contributed by atoms with Crippen LogP contribution in [0.2, 0.25) is 0 Å². The molecule has 0 saturated carbocycles. The lowest BCUT2D eigenvalue weighted by Gasteiger charge is -2.11. The van der Waals surface area contributed by atoms with Gasteiger partial charge in [0.1, 0.15) is 5.75 Å². The summed E-state index contributed by atoms with van der Waals surface area (Å²) in [7, 11) is 0. The molecule has 0 radical (unpaired) electrons. The number of rotatable bonds is 2. The SMILES string of the molecule is CC.CC.Cc1ccccc1OC(C)C. The molecule has 0 unspecified atom stereocenters. The Morgan fingerprint density at radius 2 is 1.40 bits per heavy atom. The van der Waals surface area contributed by atoms with Crippen LogP contribution in [-0.4, -0.2) is 6.10 Å². The van der Waals surface area contributed by atoms with E-state index in [0.717, 1.165) is 5.75 Å². The van der Waals surface area contributed by atoms with Gasteiger partial charge >= 0.3 is 0 Å². The smallest absolute Gasteiger partial charge is 0.122 e. The van der Waals surface area contributed by atoms with E-state index in [9.17, 15) is 0 Å². The Bertz CT molecular complexity index is 229. The molecule has 0 aliphatic rings. The second kappa shape index (κ2) is 11.1. The van der Waals surface area contributed by atoms with Gasteiger partial charge in [-0.3, -0.25) is 0 Å². The zero-order valence-electron chi connectivity index (χ0n) is 11.3. The Morgan fingerprint density at radius 3 is 1.80 bits per heavy atom. The van der Waals surface area contributed by atoms with Gasteiger partial charge in [-0.15, -0.1) is 0 Å². The summed E-state index contributed by atoms with van der Waals surface area (Å²) in [5, 5.41) is 0. The molecule has 1 aromatic carbocycles. The summed E-state index contributed by atoms with van der Waals surface area (Å²) in [5.41, 5.74) is 1.20. The molecular formula is C14H26O. The van der Waals surface area contributed by atoms with Gasteiger partial charge in [0.05, 0.1) is 6.10 Å². The normalized spacial score (nSPS) is 8.27. The summed E-state index contributed by atoms with van der Waals surface area (Å²) in [6.45, 7) is 14.1. The Hall–Kier alpha value is -0.980. The quantitative estimate of drug-likeness (QED) is 0.679. The van der Waals surface area contributed by atoms with Gasteiger partial charge in [0.15, 0.2) is 0 Å². The van der Waals surface area contributed by atoms with E-state index < -0.39 is 0 Å². The van der Waals surface area contributed by atoms with Crippen LogP contribution >= 0.6 is 0 Å². The molecule has 0 heterocycles. The molecule has 0 aliphatic heterocycles. The maximum absolute atomic E-state index is 5.54. The van der Waals surface area contributed by atoms with Crippen molar-refractivity contribution in [2.75, 3.05) is 0 Å². The number of ether oxygens (including phenoxy) is 1. The van der Waals surface area contributed by atoms with Crippen LogP contribution in [0.5, 0.6) is 5.75 Å². The number of hydrogen-bond donors (Lipinski definition) is 0. The highest BCUT2D eigenvalue weighted by Gasteiger charge is 1.98. The highest BCUT2D eigenvalue weighted by Crippen LogP contribution is 2.17. The maximum atomic E-state index is 5.54. The van der Waals surface area contributed by atoms with E-state index in [4.69, 9.17) is 4.74 Å². The molecule has 1 nitrogen and oxygen atoms in total. The second-order valence-corrected chi connectivity index (χ2v) is 2.93. The largest absolute Gasteiger partial charge is 0.491 e. The van der Waals surface area contributed by atoms with E-state index >= 15 is 0 Å². The number of para-hydroxylation sites is 1. The minimum atomic E-state index is 0.260. The van der Waals surface area contributed by atoms with Crippen molar-refractivity contribution in [3.8, 4) is 5.75 Å². The Kier molecular flexibility index (Phi) is 12.2. The van der Waals surface area contributed by atoms with Gasteiger partial charge < -0.3 is 4.74 Å². The fraction of sp³-hybridized carbons (Fsp3) is 0.571. The molecule has 0 spiro atoms. The predicted molar refractivity (Wildman–Crippen MR) is 69.6 cm³/mol. The Balaban J connectivity index is 0. The number of benzene rings is 1. The molecule has 15 heavy (non-hydrogen) atoms. The highest BCUT2D eigenvalue weighted by atomic mass is 16.5. The fourth-order valence-electron chi connectivity index (χ4n) is 0.943. The first-order valence-electron chi connectivity index (χ1n) is 5.92. The molecule has 88 valence electrons. The van der Waals surface area contributed by atoms with Crippen LogP contribution in [0.4, 0.5) is 0 Å². The van der Waals surface area contributed by atoms with Crippen LogP contribution in [0.1, 0.15) is 47.1 Å². The number of hydrogen-bond acceptors (Lipinski definition) is 1. The lowest BCUT2D eigenvalue weighted by molar-refractivity contribution is 0.241. The van der Waals surface area contributed by atoms with Crippen molar-refractivity contribution >= 4 is 0 Å². The van der Waals surface area contributed by atoms with Gasteiger partial charge in [-0.25, -0.2) is 0 Å². The van der Waals surface area contributed by atoms with Gasteiger partial charge in [0, 0.05) is 0 Å². The summed E-state index contributed by atoms with van der Waals surface area (Å²) in [6, 6.07) is 8.06. The summed E-state index contributed by atoms with van der Waals surface area (Å²) >= 11 is 0. The lowest BCUT2D eigenvalue weighted by Crippen LogP contribution is -2.06. The molecule has 0 aliphatic carbocycles. The topological polar surface area (TPSA) is 9.23 Å². The summed E-state index contributed by atoms with van der Waals surface area (Å²) in [6.07, 6.45) is 0.260. The van der Waals surface area contributed by atoms with Crippen LogP contribution in [0.15, 0.2) is 24.3 Å². The van der Waals surface area contributed by atoms with Crippen molar-refractivity contribution in [1.29, 1.82) is 0 Å². The molecule has 0 fully saturated rings. The van der Waals surface area contributed by atoms with Crippen LogP contribution in [0.3, 0.4) is 0 Å². The molecule has 0 bridgehead atoms. The van der Waals surface area contributed by atoms with Crippen LogP contribution in [0, 0.1) is 6.92 Å². The van der Waals surface area contributed by atoms with Crippen LogP contribution in [0.25, 0.3) is 0 Å². The highest BCUT2D eigenvalue weighted by molar-refractivity contribution is 5.31. The number of aryl methyl sites for hydroxylation is 1. The molecule has 1 heteroatoms. The van der Waals surface area contributed by atoms with Gasteiger partial charge in [-0.1, -0.05) is 45.9 Å². The van der Waals surface area contributed by atoms with Gasteiger partial charge in [-0.2, -0.15) is 0 Å². The van der Waals surface area contributed by atoms with E-state index in [0.29, 0.717) is 0 Å². The minimum Gasteiger partial charge on any atom is -0.491 e. The fourth-order valence-corrected chi connectivity index (χ4v) is 0.943. The predicted octanol–water partition coefficient (Wildman–Crippen LogP) is 4.83. The van der Waals surface area contributed by atoms with Crippen molar-refractivity contribution in [3.05, 3.63) is 29.8 Å². The molecular weight excluding hydrogens is 184 g/mol. The van der Waals surface area contributed by atoms with E-state index in [1.165, 1.54) is 5.56 Å². The third-order valence-corrected chi connectivity index (χ3v) is 1.46. The summed E-state index contributed by atoms with van der Waals surface area (Å²) in [5.74, 6) is 0.988. The Labute approximate surface area is 95.5 Å². The van der Waals surface area contributed by atoms with Gasteiger partial charge in [0.2, 0.25) is 0 Å². The first-order chi connectivity index (χ1) is 7.20. The van der Waals surface area contributed by atoms with Crippen LogP contribution in [-0.2, 0) is 0 Å². The third-order valence-electron chi connectivity index (χ3n) is 1.46. The maximum Gasteiger partial charge on any atom is 0.122 e. The van der Waals surface area contributed by atoms with E-state index in [1.807, 2.05) is 59.7 Å². The van der Waals surface area contributed by atoms with Crippen molar-refractivity contribution in [2.24, 2.45) is 0 Å². The zero-order valence-corrected chi connectivity index (χ0v) is 11.3. The first-order valence-corrected chi connectivity index (χ1v) is 5.92. The van der Waals surface area contributed by atoms with E-state index in [-0.39, 0.29) is 6.10 Å². The van der Waals surface area contributed by atoms with Gasteiger partial charge in [-0.05, 0) is 32.4 Å². The van der Waals surface area contributed by atoms with Crippen molar-refractivity contribution < 1.29 is 4.74 Å². The second-order valence-electron chi connectivity index (χ2n) is 2.93. The molecule has 1 aromatic rings. The monoisotopic (exact) mass is 210 g/mol. The molecule has 0 N–H and O–H groups in total. The molecule has 0 aromatic heterocycles. The standard InChI is InChI=1S/C10H14O.2C2H6/c1-8(2)11-10-7-5-4-6-9(10)3;2*1-2/h4-8H,1-3H3;2*1-2H3.